The van der Waals surface area contributed by atoms with E-state index >= 15 is 0 Å². The van der Waals surface area contributed by atoms with Crippen molar-refractivity contribution in [1.29, 1.82) is 0 Å². The molecule has 0 bridgehead atoms. The second-order valence-corrected chi connectivity index (χ2v) is 11.7. The molecule has 0 aromatic carbocycles. The van der Waals surface area contributed by atoms with Crippen molar-refractivity contribution in [3.8, 4) is 0 Å². The van der Waals surface area contributed by atoms with Crippen molar-refractivity contribution in [2.75, 3.05) is 19.8 Å². The molecule has 2 saturated heterocycles. The third-order valence-electron chi connectivity index (χ3n) is 8.41. The van der Waals surface area contributed by atoms with Crippen molar-refractivity contribution in [3.63, 3.8) is 0 Å². The Bertz CT molecular complexity index is 809. The summed E-state index contributed by atoms with van der Waals surface area (Å²) in [4.78, 5) is 4.43. The second-order valence-electron chi connectivity index (χ2n) is 11.7. The zero-order valence-corrected chi connectivity index (χ0v) is 23.6. The van der Waals surface area contributed by atoms with Crippen LogP contribution < -0.4 is 22.9 Å². The molecular weight excluding hydrogens is 526 g/mol. The predicted molar refractivity (Wildman–Crippen MR) is 146 cm³/mol. The molecule has 2 heterocycles. The first-order chi connectivity index (χ1) is 18.9. The third-order valence-corrected chi connectivity index (χ3v) is 8.41. The number of unbranched alkanes of at least 4 members (excludes halogenated alkanes) is 1. The number of aliphatic imine (C=N–C) groups is 1. The zero-order valence-electron chi connectivity index (χ0n) is 23.6. The van der Waals surface area contributed by atoms with E-state index < -0.39 is 72.7 Å². The molecule has 0 radical (unpaired) electrons. The smallest absolute Gasteiger partial charge is 0.184 e. The van der Waals surface area contributed by atoms with Crippen molar-refractivity contribution < 1.29 is 44.5 Å². The number of amidine groups is 1. The second kappa shape index (κ2) is 14.9. The summed E-state index contributed by atoms with van der Waals surface area (Å²) in [6.07, 6.45) is -3.77. The van der Waals surface area contributed by atoms with E-state index in [0.717, 1.165) is 19.3 Å². The number of aliphatic hydroxyl groups excluding tert-OH is 4. The number of hydrogen-bond acceptors (Lipinski definition) is 13. The van der Waals surface area contributed by atoms with E-state index in [1.54, 1.807) is 13.8 Å². The van der Waals surface area contributed by atoms with Gasteiger partial charge in [0.25, 0.3) is 0 Å². The van der Waals surface area contributed by atoms with Gasteiger partial charge in [0, 0.05) is 18.6 Å². The molecule has 0 spiro atoms. The molecule has 14 nitrogen and oxygen atoms in total. The number of aliphatic hydroxyl groups is 5. The van der Waals surface area contributed by atoms with Gasteiger partial charge in [-0.05, 0) is 58.4 Å². The maximum absolute atomic E-state index is 11.5. The van der Waals surface area contributed by atoms with E-state index in [1.807, 2.05) is 0 Å². The number of hydrogen-bond donors (Lipinski definition) is 9. The lowest BCUT2D eigenvalue weighted by molar-refractivity contribution is -0.313. The molecule has 0 aromatic rings. The van der Waals surface area contributed by atoms with E-state index in [4.69, 9.17) is 47.0 Å². The summed E-state index contributed by atoms with van der Waals surface area (Å²) < 4.78 is 24.1. The van der Waals surface area contributed by atoms with Crippen LogP contribution in [0.1, 0.15) is 58.8 Å². The van der Waals surface area contributed by atoms with Crippen molar-refractivity contribution in [2.45, 2.75) is 132 Å². The van der Waals surface area contributed by atoms with Crippen molar-refractivity contribution in [2.24, 2.45) is 33.8 Å². The molecule has 13 atom stereocenters. The van der Waals surface area contributed by atoms with Crippen LogP contribution >= 0.6 is 0 Å². The Labute approximate surface area is 236 Å². The molecule has 3 aliphatic rings. The monoisotopic (exact) mass is 577 g/mol. The van der Waals surface area contributed by atoms with Gasteiger partial charge < -0.3 is 67.4 Å². The first kappa shape index (κ1) is 33.5. The molecule has 2 aliphatic heterocycles. The molecule has 13 N–H and O–H groups in total. The Kier molecular flexibility index (Phi) is 12.5. The van der Waals surface area contributed by atoms with Crippen LogP contribution in [-0.2, 0) is 18.9 Å². The lowest BCUT2D eigenvalue weighted by Gasteiger charge is -2.48. The Morgan fingerprint density at radius 3 is 2.45 bits per heavy atom. The summed E-state index contributed by atoms with van der Waals surface area (Å²) in [5.41, 5.74) is 23.1. The van der Waals surface area contributed by atoms with Gasteiger partial charge in [0.05, 0.1) is 30.4 Å². The van der Waals surface area contributed by atoms with Gasteiger partial charge in [0.15, 0.2) is 12.6 Å². The van der Waals surface area contributed by atoms with Gasteiger partial charge in [0.1, 0.15) is 36.4 Å². The molecule has 0 amide bonds. The molecule has 1 aliphatic carbocycles. The van der Waals surface area contributed by atoms with Gasteiger partial charge >= 0.3 is 0 Å². The largest absolute Gasteiger partial charge is 0.396 e. The molecule has 14 heteroatoms. The van der Waals surface area contributed by atoms with E-state index in [1.165, 1.54) is 0 Å². The van der Waals surface area contributed by atoms with Crippen molar-refractivity contribution in [3.05, 3.63) is 0 Å². The van der Waals surface area contributed by atoms with E-state index in [9.17, 15) is 20.4 Å². The molecule has 3 fully saturated rings. The van der Waals surface area contributed by atoms with Crippen LogP contribution in [0.2, 0.25) is 0 Å². The normalized spacial score (nSPS) is 44.0. The summed E-state index contributed by atoms with van der Waals surface area (Å²) >= 11 is 0. The Morgan fingerprint density at radius 1 is 1.07 bits per heavy atom. The van der Waals surface area contributed by atoms with Crippen LogP contribution in [0.15, 0.2) is 4.99 Å². The maximum Gasteiger partial charge on any atom is 0.184 e. The highest BCUT2D eigenvalue weighted by Gasteiger charge is 2.51. The highest BCUT2D eigenvalue weighted by Crippen LogP contribution is 2.35. The van der Waals surface area contributed by atoms with Gasteiger partial charge in [-0.15, -0.1) is 0 Å². The Morgan fingerprint density at radius 2 is 1.77 bits per heavy atom. The average molecular weight is 578 g/mol. The summed E-state index contributed by atoms with van der Waals surface area (Å²) in [5, 5.41) is 52.2. The third kappa shape index (κ3) is 8.30. The fourth-order valence-electron chi connectivity index (χ4n) is 5.49. The summed E-state index contributed by atoms with van der Waals surface area (Å²) in [6.45, 7) is 3.46. The Hall–Kier alpha value is -1.01. The van der Waals surface area contributed by atoms with Crippen LogP contribution in [0.4, 0.5) is 0 Å². The minimum absolute atomic E-state index is 0.0763. The standard InChI is InChI=1S/C26H51N5O9/c1-13-19(34)25(37-12-26(13,2)36)40-22-17(31-23(30)18(33)8-9-27)11-16(29)21(20(22)35)39-24-15(28)7-6-14(38-24)5-3-4-10-32/h13-22,24-25,32-36H,3-12,27-29H2,1-2H3,(H2,30,31)/t13-,14-,15?,16+,17-,18?,19?,20?,21?,22?,24-,25-,26?/m1/s1. The molecule has 0 aromatic heterocycles. The quantitative estimate of drug-likeness (QED) is 0.0655. The van der Waals surface area contributed by atoms with Crippen LogP contribution in [0.25, 0.3) is 0 Å². The molecular formula is C26H51N5O9. The number of nitrogens with two attached hydrogens (primary N) is 4. The van der Waals surface area contributed by atoms with E-state index in [2.05, 4.69) is 4.99 Å². The van der Waals surface area contributed by atoms with Crippen LogP contribution in [0.5, 0.6) is 0 Å². The molecule has 3 rings (SSSR count). The van der Waals surface area contributed by atoms with Crippen molar-refractivity contribution in [1.82, 2.24) is 0 Å². The topological polar surface area (TPSA) is 255 Å². The minimum atomic E-state index is -1.35. The summed E-state index contributed by atoms with van der Waals surface area (Å²) in [7, 11) is 0. The molecule has 7 unspecified atom stereocenters. The summed E-state index contributed by atoms with van der Waals surface area (Å²) in [6, 6.07) is -1.96. The first-order valence-electron chi connectivity index (χ1n) is 14.4. The summed E-state index contributed by atoms with van der Waals surface area (Å²) in [5.74, 6) is -0.663. The van der Waals surface area contributed by atoms with Crippen LogP contribution in [0, 0.1) is 5.92 Å². The predicted octanol–water partition coefficient (Wildman–Crippen LogP) is -2.62. The van der Waals surface area contributed by atoms with Gasteiger partial charge in [-0.2, -0.15) is 0 Å². The SMILES string of the molecule is C[C@@H]1C(O)[C@@H](OC2C(O)C(O[C@H]3O[C@H](CCCCO)CCC3N)[C@@H](N)C[C@H]2N=C(N)C(O)CCN)OCC1(C)O. The average Bonchev–Trinajstić information content (AvgIpc) is 2.90. The van der Waals surface area contributed by atoms with Gasteiger partial charge in [0.2, 0.25) is 0 Å². The van der Waals surface area contributed by atoms with Gasteiger partial charge in [-0.25, -0.2) is 0 Å². The molecule has 40 heavy (non-hydrogen) atoms. The molecule has 234 valence electrons. The fourth-order valence-corrected chi connectivity index (χ4v) is 5.49. The van der Waals surface area contributed by atoms with E-state index in [0.29, 0.717) is 12.8 Å². The van der Waals surface area contributed by atoms with E-state index in [-0.39, 0.29) is 44.5 Å². The van der Waals surface area contributed by atoms with Gasteiger partial charge in [-0.3, -0.25) is 4.99 Å². The Balaban J connectivity index is 1.80. The minimum Gasteiger partial charge on any atom is -0.396 e. The first-order valence-corrected chi connectivity index (χ1v) is 14.4. The number of nitrogens with zero attached hydrogens (tertiary/aromatic N) is 1. The highest BCUT2D eigenvalue weighted by molar-refractivity contribution is 5.84. The number of rotatable bonds is 12. The number of ether oxygens (including phenoxy) is 4. The van der Waals surface area contributed by atoms with Gasteiger partial charge in [-0.1, -0.05) is 6.92 Å². The molecule has 1 saturated carbocycles. The maximum atomic E-state index is 11.5. The lowest BCUT2D eigenvalue weighted by Crippen LogP contribution is -2.64. The van der Waals surface area contributed by atoms with Crippen molar-refractivity contribution >= 4 is 5.84 Å². The fraction of sp³-hybridized carbons (Fsp3) is 0.962. The zero-order chi connectivity index (χ0) is 29.6. The lowest BCUT2D eigenvalue weighted by atomic mass is 9.82. The van der Waals surface area contributed by atoms with Crippen LogP contribution in [0.3, 0.4) is 0 Å². The van der Waals surface area contributed by atoms with Crippen LogP contribution in [-0.4, -0.2) is 124 Å². The highest BCUT2D eigenvalue weighted by atomic mass is 16.7.